The van der Waals surface area contributed by atoms with E-state index in [9.17, 15) is 12.8 Å². The number of nitrogens with one attached hydrogen (secondary N) is 2. The molecule has 3 aromatic rings. The molecule has 2 fully saturated rings. The standard InChI is InChI=1S/C23H28FN7O3S/c1-30-12-23(28-15-30)35(32,33)31-10-19(16-4-6-17(24)7-5-16)20(11-31)29-21-9-22(27-14-26-21)34-13-18-3-2-8-25-18/h4-7,9,12,14-15,18-20,25H,2-3,8,10-11,13H2,1H3,(H,26,27,29)/t18?,19-,20+/m1/s1. The van der Waals surface area contributed by atoms with Crippen molar-refractivity contribution >= 4 is 15.8 Å². The number of anilines is 1. The maximum Gasteiger partial charge on any atom is 0.262 e. The van der Waals surface area contributed by atoms with E-state index < -0.39 is 10.0 Å². The van der Waals surface area contributed by atoms with Crippen LogP contribution in [0.5, 0.6) is 5.88 Å². The van der Waals surface area contributed by atoms with Gasteiger partial charge in [-0.2, -0.15) is 4.31 Å². The molecule has 35 heavy (non-hydrogen) atoms. The summed E-state index contributed by atoms with van der Waals surface area (Å²) in [5.41, 5.74) is 0.834. The zero-order valence-corrected chi connectivity index (χ0v) is 20.2. The van der Waals surface area contributed by atoms with Crippen molar-refractivity contribution in [2.45, 2.75) is 35.9 Å². The molecule has 0 aliphatic carbocycles. The molecule has 0 amide bonds. The number of nitrogens with zero attached hydrogens (tertiary/aromatic N) is 5. The fraction of sp³-hybridized carbons (Fsp3) is 0.435. The van der Waals surface area contributed by atoms with Crippen molar-refractivity contribution in [2.24, 2.45) is 7.05 Å². The molecule has 10 nitrogen and oxygen atoms in total. The normalized spacial score (nSPS) is 23.0. The summed E-state index contributed by atoms with van der Waals surface area (Å²) in [5, 5.41) is 6.74. The van der Waals surface area contributed by atoms with Crippen LogP contribution in [-0.2, 0) is 17.1 Å². The Balaban J connectivity index is 1.36. The lowest BCUT2D eigenvalue weighted by Crippen LogP contribution is -2.32. The molecule has 3 atom stereocenters. The number of benzene rings is 1. The Morgan fingerprint density at radius 1 is 1.20 bits per heavy atom. The monoisotopic (exact) mass is 501 g/mol. The van der Waals surface area contributed by atoms with Crippen LogP contribution >= 0.6 is 0 Å². The van der Waals surface area contributed by atoms with Gasteiger partial charge in [-0.15, -0.1) is 0 Å². The van der Waals surface area contributed by atoms with Crippen LogP contribution in [0.3, 0.4) is 0 Å². The largest absolute Gasteiger partial charge is 0.476 e. The summed E-state index contributed by atoms with van der Waals surface area (Å²) in [6.45, 7) is 1.94. The Bertz CT molecular complexity index is 1260. The molecule has 2 aliphatic rings. The molecule has 0 saturated carbocycles. The van der Waals surface area contributed by atoms with Crippen molar-refractivity contribution in [3.63, 3.8) is 0 Å². The van der Waals surface area contributed by atoms with Gasteiger partial charge in [0, 0.05) is 50.4 Å². The average molecular weight is 502 g/mol. The summed E-state index contributed by atoms with van der Waals surface area (Å²) in [5.74, 6) is 0.411. The van der Waals surface area contributed by atoms with E-state index in [1.165, 1.54) is 35.3 Å². The molecule has 2 N–H and O–H groups in total. The lowest BCUT2D eigenvalue weighted by atomic mass is 9.94. The van der Waals surface area contributed by atoms with Crippen LogP contribution < -0.4 is 15.4 Å². The molecule has 1 aromatic carbocycles. The molecule has 0 bridgehead atoms. The minimum Gasteiger partial charge on any atom is -0.476 e. The number of rotatable bonds is 8. The zero-order chi connectivity index (χ0) is 24.4. The Morgan fingerprint density at radius 2 is 2.03 bits per heavy atom. The number of ether oxygens (including phenoxy) is 1. The highest BCUT2D eigenvalue weighted by Gasteiger charge is 2.41. The SMILES string of the molecule is Cn1cnc(S(=O)(=O)N2C[C@H](Nc3cc(OCC4CCCN4)ncn3)[C@@H](c3ccc(F)cc3)C2)c1. The summed E-state index contributed by atoms with van der Waals surface area (Å²) >= 11 is 0. The van der Waals surface area contributed by atoms with Gasteiger partial charge in [0.05, 0.1) is 6.33 Å². The summed E-state index contributed by atoms with van der Waals surface area (Å²) < 4.78 is 48.9. The number of hydrogen-bond donors (Lipinski definition) is 2. The lowest BCUT2D eigenvalue weighted by Gasteiger charge is -2.21. The van der Waals surface area contributed by atoms with Gasteiger partial charge in [-0.3, -0.25) is 0 Å². The number of hydrogen-bond acceptors (Lipinski definition) is 8. The first-order valence-electron chi connectivity index (χ1n) is 11.6. The van der Waals surface area contributed by atoms with Crippen LogP contribution in [0.1, 0.15) is 24.3 Å². The number of aromatic nitrogens is 4. The van der Waals surface area contributed by atoms with E-state index in [0.29, 0.717) is 24.3 Å². The van der Waals surface area contributed by atoms with E-state index >= 15 is 0 Å². The van der Waals surface area contributed by atoms with Crippen LogP contribution in [0.15, 0.2) is 54.2 Å². The predicted molar refractivity (Wildman–Crippen MR) is 127 cm³/mol. The first-order chi connectivity index (χ1) is 16.9. The van der Waals surface area contributed by atoms with Crippen LogP contribution in [0.25, 0.3) is 0 Å². The second kappa shape index (κ2) is 9.88. The quantitative estimate of drug-likeness (QED) is 0.480. The van der Waals surface area contributed by atoms with Crippen molar-refractivity contribution in [2.75, 3.05) is 31.6 Å². The van der Waals surface area contributed by atoms with Gasteiger partial charge < -0.3 is 19.9 Å². The van der Waals surface area contributed by atoms with Crippen molar-refractivity contribution in [1.29, 1.82) is 0 Å². The van der Waals surface area contributed by atoms with Gasteiger partial charge in [0.2, 0.25) is 5.88 Å². The Kier molecular flexibility index (Phi) is 6.67. The molecule has 12 heteroatoms. The average Bonchev–Trinajstić information content (AvgIpc) is 3.60. The number of sulfonamides is 1. The zero-order valence-electron chi connectivity index (χ0n) is 19.3. The van der Waals surface area contributed by atoms with Crippen LogP contribution in [0, 0.1) is 5.82 Å². The third kappa shape index (κ3) is 5.29. The first-order valence-corrected chi connectivity index (χ1v) is 13.0. The molecular weight excluding hydrogens is 473 g/mol. The van der Waals surface area contributed by atoms with Crippen molar-refractivity contribution in [1.82, 2.24) is 29.1 Å². The maximum atomic E-state index is 13.6. The maximum absolute atomic E-state index is 13.6. The minimum absolute atomic E-state index is 0.00301. The first kappa shape index (κ1) is 23.6. The van der Waals surface area contributed by atoms with E-state index in [-0.39, 0.29) is 35.9 Å². The van der Waals surface area contributed by atoms with Crippen molar-refractivity contribution in [3.05, 3.63) is 60.6 Å². The summed E-state index contributed by atoms with van der Waals surface area (Å²) in [6.07, 6.45) is 6.56. The molecular formula is C23H28FN7O3S. The molecule has 1 unspecified atom stereocenters. The molecule has 2 aromatic heterocycles. The van der Waals surface area contributed by atoms with Gasteiger partial charge in [-0.05, 0) is 37.1 Å². The van der Waals surface area contributed by atoms with E-state index in [4.69, 9.17) is 4.74 Å². The fourth-order valence-corrected chi connectivity index (χ4v) is 6.04. The molecule has 2 saturated heterocycles. The molecule has 4 heterocycles. The van der Waals surface area contributed by atoms with Crippen LogP contribution in [0.2, 0.25) is 0 Å². The Morgan fingerprint density at radius 3 is 2.74 bits per heavy atom. The topological polar surface area (TPSA) is 114 Å². The predicted octanol–water partition coefficient (Wildman–Crippen LogP) is 1.75. The van der Waals surface area contributed by atoms with Gasteiger partial charge in [0.1, 0.15) is 24.6 Å². The number of aryl methyl sites for hydroxylation is 1. The summed E-state index contributed by atoms with van der Waals surface area (Å²) in [7, 11) is -2.07. The third-order valence-electron chi connectivity index (χ3n) is 6.44. The van der Waals surface area contributed by atoms with E-state index in [1.807, 2.05) is 0 Å². The van der Waals surface area contributed by atoms with Crippen LogP contribution in [0.4, 0.5) is 10.2 Å². The van der Waals surface area contributed by atoms with Crippen LogP contribution in [-0.4, -0.2) is 70.6 Å². The Labute approximate surface area is 203 Å². The highest BCUT2D eigenvalue weighted by atomic mass is 32.2. The molecule has 0 spiro atoms. The molecule has 2 aliphatic heterocycles. The summed E-state index contributed by atoms with van der Waals surface area (Å²) in [6, 6.07) is 7.87. The second-order valence-corrected chi connectivity index (χ2v) is 10.8. The molecule has 5 rings (SSSR count). The van der Waals surface area contributed by atoms with Gasteiger partial charge in [-0.1, -0.05) is 12.1 Å². The molecule has 186 valence electrons. The highest BCUT2D eigenvalue weighted by molar-refractivity contribution is 7.89. The third-order valence-corrected chi connectivity index (χ3v) is 8.16. The van der Waals surface area contributed by atoms with Gasteiger partial charge in [0.25, 0.3) is 10.0 Å². The fourth-order valence-electron chi connectivity index (χ4n) is 4.58. The number of halogens is 1. The van der Waals surface area contributed by atoms with E-state index in [1.54, 1.807) is 29.8 Å². The van der Waals surface area contributed by atoms with E-state index in [0.717, 1.165) is 24.9 Å². The Hall–Kier alpha value is -3.09. The van der Waals surface area contributed by atoms with Crippen molar-refractivity contribution < 1.29 is 17.5 Å². The van der Waals surface area contributed by atoms with Gasteiger partial charge in [0.15, 0.2) is 5.03 Å². The molecule has 0 radical (unpaired) electrons. The highest BCUT2D eigenvalue weighted by Crippen LogP contribution is 2.33. The van der Waals surface area contributed by atoms with Crippen molar-refractivity contribution in [3.8, 4) is 5.88 Å². The number of imidazole rings is 1. The second-order valence-electron chi connectivity index (χ2n) is 8.95. The summed E-state index contributed by atoms with van der Waals surface area (Å²) in [4.78, 5) is 12.5. The van der Waals surface area contributed by atoms with Gasteiger partial charge >= 0.3 is 0 Å². The van der Waals surface area contributed by atoms with E-state index in [2.05, 4.69) is 25.6 Å². The van der Waals surface area contributed by atoms with Gasteiger partial charge in [-0.25, -0.2) is 27.8 Å². The smallest absolute Gasteiger partial charge is 0.262 e. The lowest BCUT2D eigenvalue weighted by molar-refractivity contribution is 0.267. The minimum atomic E-state index is -3.80.